The van der Waals surface area contributed by atoms with Crippen LogP contribution in [-0.2, 0) is 0 Å². The molecule has 0 saturated heterocycles. The number of aliphatic hydroxyl groups is 1. The van der Waals surface area contributed by atoms with Crippen molar-refractivity contribution in [1.29, 1.82) is 0 Å². The summed E-state index contributed by atoms with van der Waals surface area (Å²) in [6.07, 6.45) is 1.08. The lowest BCUT2D eigenvalue weighted by Gasteiger charge is -2.18. The van der Waals surface area contributed by atoms with Gasteiger partial charge in [-0.05, 0) is 30.9 Å². The number of methoxy groups -OCH3 is 2. The maximum atomic E-state index is 10.2. The van der Waals surface area contributed by atoms with E-state index >= 15 is 0 Å². The zero-order chi connectivity index (χ0) is 13.7. The molecule has 0 heterocycles. The van der Waals surface area contributed by atoms with Gasteiger partial charge in [-0.1, -0.05) is 25.4 Å². The van der Waals surface area contributed by atoms with Crippen molar-refractivity contribution < 1.29 is 14.6 Å². The van der Waals surface area contributed by atoms with Gasteiger partial charge < -0.3 is 14.6 Å². The van der Waals surface area contributed by atoms with Crippen molar-refractivity contribution in [2.45, 2.75) is 32.8 Å². The van der Waals surface area contributed by atoms with Gasteiger partial charge in [0.2, 0.25) is 0 Å². The van der Waals surface area contributed by atoms with E-state index in [0.717, 1.165) is 6.42 Å². The van der Waals surface area contributed by atoms with Gasteiger partial charge in [0.15, 0.2) is 0 Å². The van der Waals surface area contributed by atoms with E-state index in [1.54, 1.807) is 26.4 Å². The number of aliphatic hydroxyl groups excluding tert-OH is 1. The van der Waals surface area contributed by atoms with Crippen LogP contribution in [0.25, 0.3) is 0 Å². The number of hydrogen-bond donors (Lipinski definition) is 1. The number of benzene rings is 1. The van der Waals surface area contributed by atoms with Crippen molar-refractivity contribution in [2.24, 2.45) is 5.92 Å². The smallest absolute Gasteiger partial charge is 0.147 e. The second-order valence-corrected chi connectivity index (χ2v) is 5.07. The second-order valence-electron chi connectivity index (χ2n) is 4.69. The van der Waals surface area contributed by atoms with E-state index in [1.807, 2.05) is 0 Å². The molecule has 0 saturated carbocycles. The van der Waals surface area contributed by atoms with Gasteiger partial charge >= 0.3 is 0 Å². The molecule has 1 aromatic carbocycles. The molecule has 0 amide bonds. The first-order chi connectivity index (χ1) is 8.51. The minimum absolute atomic E-state index is 0.404. The van der Waals surface area contributed by atoms with Crippen molar-refractivity contribution in [2.75, 3.05) is 14.2 Å². The van der Waals surface area contributed by atoms with Gasteiger partial charge in [0.05, 0.1) is 20.3 Å². The molecule has 0 bridgehead atoms. The van der Waals surface area contributed by atoms with Gasteiger partial charge in [-0.25, -0.2) is 0 Å². The molecule has 1 aromatic rings. The molecule has 0 aliphatic carbocycles. The summed E-state index contributed by atoms with van der Waals surface area (Å²) in [5.41, 5.74) is 0.712. The van der Waals surface area contributed by atoms with E-state index in [9.17, 15) is 5.11 Å². The van der Waals surface area contributed by atoms with Gasteiger partial charge in [-0.2, -0.15) is 0 Å². The van der Waals surface area contributed by atoms with Crippen LogP contribution < -0.4 is 9.47 Å². The van der Waals surface area contributed by atoms with E-state index in [2.05, 4.69) is 13.8 Å². The summed E-state index contributed by atoms with van der Waals surface area (Å²) in [6.45, 7) is 4.26. The summed E-state index contributed by atoms with van der Waals surface area (Å²) in [5.74, 6) is 1.60. The van der Waals surface area contributed by atoms with Crippen LogP contribution in [0.3, 0.4) is 0 Å². The third kappa shape index (κ3) is 3.53. The Labute approximate surface area is 114 Å². The monoisotopic (exact) mass is 272 g/mol. The molecule has 0 radical (unpaired) electrons. The third-order valence-corrected chi connectivity index (χ3v) is 3.25. The molecule has 4 heteroatoms. The number of ether oxygens (including phenoxy) is 2. The van der Waals surface area contributed by atoms with Crippen LogP contribution in [0, 0.1) is 5.92 Å². The Kier molecular flexibility index (Phi) is 5.76. The van der Waals surface area contributed by atoms with Crippen LogP contribution in [-0.4, -0.2) is 19.3 Å². The van der Waals surface area contributed by atoms with Crippen LogP contribution in [0.5, 0.6) is 11.5 Å². The molecule has 0 fully saturated rings. The van der Waals surface area contributed by atoms with Crippen molar-refractivity contribution in [3.05, 3.63) is 22.7 Å². The van der Waals surface area contributed by atoms with Crippen LogP contribution in [0.15, 0.2) is 12.1 Å². The summed E-state index contributed by atoms with van der Waals surface area (Å²) in [5, 5.41) is 10.6. The maximum absolute atomic E-state index is 10.2. The van der Waals surface area contributed by atoms with Gasteiger partial charge in [0.25, 0.3) is 0 Å². The number of rotatable bonds is 6. The van der Waals surface area contributed by atoms with Gasteiger partial charge in [-0.3, -0.25) is 0 Å². The first-order valence-electron chi connectivity index (χ1n) is 6.09. The van der Waals surface area contributed by atoms with E-state index in [-0.39, 0.29) is 0 Å². The molecule has 102 valence electrons. The Morgan fingerprint density at radius 2 is 1.83 bits per heavy atom. The minimum atomic E-state index is -0.564. The molecular weight excluding hydrogens is 252 g/mol. The molecule has 1 atom stereocenters. The highest BCUT2D eigenvalue weighted by atomic mass is 35.5. The van der Waals surface area contributed by atoms with E-state index in [4.69, 9.17) is 21.1 Å². The molecule has 0 aromatic heterocycles. The highest BCUT2D eigenvalue weighted by Gasteiger charge is 2.19. The predicted molar refractivity (Wildman–Crippen MR) is 73.6 cm³/mol. The Morgan fingerprint density at radius 3 is 2.33 bits per heavy atom. The average molecular weight is 273 g/mol. The second kappa shape index (κ2) is 6.86. The molecule has 18 heavy (non-hydrogen) atoms. The molecular formula is C14H21ClO3. The fourth-order valence-electron chi connectivity index (χ4n) is 1.83. The summed E-state index contributed by atoms with van der Waals surface area (Å²) in [4.78, 5) is 0. The predicted octanol–water partition coefficient (Wildman–Crippen LogP) is 3.83. The first kappa shape index (κ1) is 15.1. The summed E-state index contributed by atoms with van der Waals surface area (Å²) < 4.78 is 10.4. The van der Waals surface area contributed by atoms with E-state index in [1.165, 1.54) is 0 Å². The standard InChI is InChI=1S/C14H21ClO3/c1-9(2)5-7-11(16)10-6-8-12(17-3)13(15)14(10)18-4/h6,8-9,11,16H,5,7H2,1-4H3. The molecule has 0 spiro atoms. The molecule has 1 rings (SSSR count). The van der Waals surface area contributed by atoms with Gasteiger partial charge in [0, 0.05) is 5.56 Å². The maximum Gasteiger partial charge on any atom is 0.147 e. The fourth-order valence-corrected chi connectivity index (χ4v) is 2.15. The Morgan fingerprint density at radius 1 is 1.17 bits per heavy atom. The average Bonchev–Trinajstić information content (AvgIpc) is 2.35. The number of hydrogen-bond acceptors (Lipinski definition) is 3. The van der Waals surface area contributed by atoms with Crippen molar-refractivity contribution in [3.8, 4) is 11.5 Å². The van der Waals surface area contributed by atoms with E-state index < -0.39 is 6.10 Å². The Hall–Kier alpha value is -0.930. The zero-order valence-electron chi connectivity index (χ0n) is 11.4. The first-order valence-corrected chi connectivity index (χ1v) is 6.47. The molecule has 3 nitrogen and oxygen atoms in total. The van der Waals surface area contributed by atoms with Crippen LogP contribution in [0.2, 0.25) is 5.02 Å². The van der Waals surface area contributed by atoms with Crippen molar-refractivity contribution in [1.82, 2.24) is 0 Å². The zero-order valence-corrected chi connectivity index (χ0v) is 12.1. The third-order valence-electron chi connectivity index (χ3n) is 2.89. The van der Waals surface area contributed by atoms with Gasteiger partial charge in [-0.15, -0.1) is 0 Å². The van der Waals surface area contributed by atoms with Crippen LogP contribution in [0.4, 0.5) is 0 Å². The van der Waals surface area contributed by atoms with Crippen LogP contribution >= 0.6 is 11.6 Å². The number of halogens is 1. The highest BCUT2D eigenvalue weighted by Crippen LogP contribution is 2.40. The topological polar surface area (TPSA) is 38.7 Å². The summed E-state index contributed by atoms with van der Waals surface area (Å²) >= 11 is 6.16. The molecule has 1 unspecified atom stereocenters. The summed E-state index contributed by atoms with van der Waals surface area (Å²) in [7, 11) is 3.09. The normalized spacial score (nSPS) is 12.6. The minimum Gasteiger partial charge on any atom is -0.495 e. The van der Waals surface area contributed by atoms with Crippen LogP contribution in [0.1, 0.15) is 38.4 Å². The molecule has 0 aliphatic rings. The Balaban J connectivity index is 2.97. The molecule has 0 aliphatic heterocycles. The summed E-state index contributed by atoms with van der Waals surface area (Å²) in [6, 6.07) is 3.55. The van der Waals surface area contributed by atoms with Crippen molar-refractivity contribution >= 4 is 11.6 Å². The highest BCUT2D eigenvalue weighted by molar-refractivity contribution is 6.33. The van der Waals surface area contributed by atoms with Crippen molar-refractivity contribution in [3.63, 3.8) is 0 Å². The lowest BCUT2D eigenvalue weighted by molar-refractivity contribution is 0.155. The quantitative estimate of drug-likeness (QED) is 0.855. The van der Waals surface area contributed by atoms with E-state index in [0.29, 0.717) is 34.4 Å². The largest absolute Gasteiger partial charge is 0.495 e. The lowest BCUT2D eigenvalue weighted by Crippen LogP contribution is -2.03. The Bertz CT molecular complexity index is 391. The van der Waals surface area contributed by atoms with Gasteiger partial charge in [0.1, 0.15) is 16.5 Å². The SMILES string of the molecule is COc1ccc(C(O)CCC(C)C)c(OC)c1Cl. The lowest BCUT2D eigenvalue weighted by atomic mass is 9.99. The molecule has 1 N–H and O–H groups in total. The fraction of sp³-hybridized carbons (Fsp3) is 0.571.